The fourth-order valence-corrected chi connectivity index (χ4v) is 4.04. The second-order valence-corrected chi connectivity index (χ2v) is 6.85. The molecule has 0 unspecified atom stereocenters. The number of aryl methyl sites for hydroxylation is 1. The minimum Gasteiger partial charge on any atom is -0.312 e. The van der Waals surface area contributed by atoms with E-state index in [2.05, 4.69) is 0 Å². The molecule has 0 bridgehead atoms. The number of rotatable bonds is 2. The van der Waals surface area contributed by atoms with Gasteiger partial charge in [-0.05, 0) is 12.5 Å². The van der Waals surface area contributed by atoms with E-state index in [-0.39, 0.29) is 0 Å². The van der Waals surface area contributed by atoms with Crippen LogP contribution in [0.4, 0.5) is 0 Å². The van der Waals surface area contributed by atoms with Crippen LogP contribution >= 0.6 is 0 Å². The van der Waals surface area contributed by atoms with Gasteiger partial charge in [0.1, 0.15) is 10.8 Å². The molecular weight excluding hydrogens is 236 g/mol. The number of sulfone groups is 1. The monoisotopic (exact) mass is 250 g/mol. The van der Waals surface area contributed by atoms with Crippen molar-refractivity contribution in [2.45, 2.75) is 23.6 Å². The van der Waals surface area contributed by atoms with Gasteiger partial charge >= 0.3 is 0 Å². The fourth-order valence-electron chi connectivity index (χ4n) is 2.33. The van der Waals surface area contributed by atoms with Crippen molar-refractivity contribution in [1.29, 1.82) is 5.26 Å². The van der Waals surface area contributed by atoms with Gasteiger partial charge in [-0.1, -0.05) is 29.8 Å². The Labute approximate surface area is 101 Å². The molecule has 1 saturated carbocycles. The Morgan fingerprint density at radius 2 is 1.88 bits per heavy atom. The molecule has 0 aromatic heterocycles. The van der Waals surface area contributed by atoms with Gasteiger partial charge in [0, 0.05) is 12.2 Å². The van der Waals surface area contributed by atoms with Crippen molar-refractivity contribution >= 4 is 9.84 Å². The van der Waals surface area contributed by atoms with Gasteiger partial charge in [-0.15, -0.1) is 0 Å². The third-order valence-corrected chi connectivity index (χ3v) is 4.86. The third kappa shape index (κ3) is 1.84. The molecule has 1 aromatic carbocycles. The molecule has 90 valence electrons. The predicted octanol–water partition coefficient (Wildman–Crippen LogP) is 0.726. The zero-order valence-electron chi connectivity index (χ0n) is 9.71. The van der Waals surface area contributed by atoms with Gasteiger partial charge in [0.25, 0.3) is 0 Å². The average Bonchev–Trinajstić information content (AvgIpc) is 2.87. The van der Waals surface area contributed by atoms with Crippen LogP contribution in [0.25, 0.3) is 0 Å². The first-order valence-corrected chi connectivity index (χ1v) is 7.21. The van der Waals surface area contributed by atoms with Crippen molar-refractivity contribution in [3.05, 3.63) is 35.4 Å². The molecule has 5 heteroatoms. The summed E-state index contributed by atoms with van der Waals surface area (Å²) in [5.41, 5.74) is 6.48. The summed E-state index contributed by atoms with van der Waals surface area (Å²) < 4.78 is 23.2. The summed E-state index contributed by atoms with van der Waals surface area (Å²) in [4.78, 5) is 0. The van der Waals surface area contributed by atoms with Crippen LogP contribution in [0.2, 0.25) is 0 Å². The maximum Gasteiger partial charge on any atom is 0.153 e. The lowest BCUT2D eigenvalue weighted by Gasteiger charge is -2.01. The van der Waals surface area contributed by atoms with Crippen molar-refractivity contribution in [1.82, 2.24) is 0 Å². The van der Waals surface area contributed by atoms with E-state index in [1.54, 1.807) is 0 Å². The highest BCUT2D eigenvalue weighted by Crippen LogP contribution is 2.53. The Hall–Kier alpha value is -1.38. The molecule has 0 radical (unpaired) electrons. The SMILES string of the molecule is Cc1ccc([C@@H]2[C@@H](S(C)(=O)=O)[C@]2(N)C#N)cc1. The van der Waals surface area contributed by atoms with E-state index in [1.807, 2.05) is 37.3 Å². The zero-order valence-corrected chi connectivity index (χ0v) is 10.5. The van der Waals surface area contributed by atoms with Crippen LogP contribution in [0, 0.1) is 18.3 Å². The lowest BCUT2D eigenvalue weighted by molar-refractivity contribution is 0.597. The summed E-state index contributed by atoms with van der Waals surface area (Å²) in [5.74, 6) is -0.414. The number of nitrogens with two attached hydrogens (primary N) is 1. The molecule has 0 heterocycles. The van der Waals surface area contributed by atoms with E-state index >= 15 is 0 Å². The number of nitriles is 1. The normalized spacial score (nSPS) is 31.9. The van der Waals surface area contributed by atoms with Gasteiger partial charge in [-0.2, -0.15) is 5.26 Å². The molecule has 1 aliphatic rings. The van der Waals surface area contributed by atoms with Crippen LogP contribution in [0.1, 0.15) is 17.0 Å². The molecule has 1 fully saturated rings. The standard InChI is InChI=1S/C12H14N2O2S/c1-8-3-5-9(6-4-8)10-11(17(2,15)16)12(10,14)7-13/h3-6,10-11H,14H2,1-2H3/t10-,11-,12+/m1/s1. The molecule has 1 aromatic rings. The highest BCUT2D eigenvalue weighted by Gasteiger charge is 2.69. The van der Waals surface area contributed by atoms with E-state index in [1.165, 1.54) is 0 Å². The van der Waals surface area contributed by atoms with E-state index in [9.17, 15) is 8.42 Å². The molecule has 0 amide bonds. The summed E-state index contributed by atoms with van der Waals surface area (Å²) >= 11 is 0. The van der Waals surface area contributed by atoms with Crippen molar-refractivity contribution in [3.8, 4) is 6.07 Å². The largest absolute Gasteiger partial charge is 0.312 e. The van der Waals surface area contributed by atoms with Gasteiger partial charge < -0.3 is 5.73 Å². The summed E-state index contributed by atoms with van der Waals surface area (Å²) in [7, 11) is -3.30. The van der Waals surface area contributed by atoms with Crippen LogP contribution in [0.15, 0.2) is 24.3 Å². The Bertz CT molecular complexity index is 586. The van der Waals surface area contributed by atoms with Crippen LogP contribution in [0.3, 0.4) is 0 Å². The Balaban J connectivity index is 2.42. The molecule has 0 aliphatic heterocycles. The van der Waals surface area contributed by atoms with Crippen LogP contribution in [-0.2, 0) is 9.84 Å². The van der Waals surface area contributed by atoms with E-state index < -0.39 is 26.5 Å². The third-order valence-electron chi connectivity index (χ3n) is 3.27. The summed E-state index contributed by atoms with van der Waals surface area (Å²) in [6.07, 6.45) is 1.13. The first-order valence-electron chi connectivity index (χ1n) is 5.26. The lowest BCUT2D eigenvalue weighted by atomic mass is 10.1. The summed E-state index contributed by atoms with van der Waals surface area (Å²) in [6.45, 7) is 1.95. The minimum absolute atomic E-state index is 0.414. The zero-order chi connectivity index (χ0) is 12.8. The first kappa shape index (κ1) is 12.1. The average molecular weight is 250 g/mol. The molecule has 0 spiro atoms. The maximum absolute atomic E-state index is 11.6. The first-order chi connectivity index (χ1) is 7.80. The van der Waals surface area contributed by atoms with Crippen molar-refractivity contribution in [2.75, 3.05) is 6.26 Å². The van der Waals surface area contributed by atoms with Crippen LogP contribution in [-0.4, -0.2) is 25.5 Å². The molecule has 1 aliphatic carbocycles. The Morgan fingerprint density at radius 1 is 1.35 bits per heavy atom. The number of hydrogen-bond acceptors (Lipinski definition) is 4. The number of hydrogen-bond donors (Lipinski definition) is 1. The van der Waals surface area contributed by atoms with E-state index in [0.717, 1.165) is 17.4 Å². The van der Waals surface area contributed by atoms with Gasteiger partial charge in [-0.25, -0.2) is 8.42 Å². The predicted molar refractivity (Wildman–Crippen MR) is 65.1 cm³/mol. The lowest BCUT2D eigenvalue weighted by Crippen LogP contribution is -2.28. The second kappa shape index (κ2) is 3.56. The van der Waals surface area contributed by atoms with E-state index in [4.69, 9.17) is 11.0 Å². The van der Waals surface area contributed by atoms with E-state index in [0.29, 0.717) is 0 Å². The summed E-state index contributed by atoms with van der Waals surface area (Å²) in [5, 5.41) is 8.26. The Morgan fingerprint density at radius 3 is 2.24 bits per heavy atom. The fraction of sp³-hybridized carbons (Fsp3) is 0.417. The van der Waals surface area contributed by atoms with Crippen molar-refractivity contribution in [3.63, 3.8) is 0 Å². The van der Waals surface area contributed by atoms with Crippen LogP contribution in [0.5, 0.6) is 0 Å². The smallest absolute Gasteiger partial charge is 0.153 e. The number of nitrogens with zero attached hydrogens (tertiary/aromatic N) is 1. The van der Waals surface area contributed by atoms with Gasteiger partial charge in [0.2, 0.25) is 0 Å². The van der Waals surface area contributed by atoms with Gasteiger partial charge in [0.05, 0.1) is 6.07 Å². The van der Waals surface area contributed by atoms with Crippen molar-refractivity contribution < 1.29 is 8.42 Å². The topological polar surface area (TPSA) is 83.9 Å². The quantitative estimate of drug-likeness (QED) is 0.838. The molecule has 4 nitrogen and oxygen atoms in total. The van der Waals surface area contributed by atoms with Crippen molar-refractivity contribution in [2.24, 2.45) is 5.73 Å². The number of benzene rings is 1. The van der Waals surface area contributed by atoms with Crippen LogP contribution < -0.4 is 5.73 Å². The molecule has 2 rings (SSSR count). The minimum atomic E-state index is -3.30. The maximum atomic E-state index is 11.6. The Kier molecular flexibility index (Phi) is 2.53. The highest BCUT2D eigenvalue weighted by atomic mass is 32.2. The molecule has 2 N–H and O–H groups in total. The highest BCUT2D eigenvalue weighted by molar-refractivity contribution is 7.91. The van der Waals surface area contributed by atoms with Gasteiger partial charge in [0.15, 0.2) is 9.84 Å². The molecular formula is C12H14N2O2S. The molecule has 17 heavy (non-hydrogen) atoms. The second-order valence-electron chi connectivity index (χ2n) is 4.68. The van der Waals surface area contributed by atoms with Gasteiger partial charge in [-0.3, -0.25) is 0 Å². The molecule has 0 saturated heterocycles. The molecule has 3 atom stereocenters. The summed E-state index contributed by atoms with van der Waals surface area (Å²) in [6, 6.07) is 9.40.